The number of hydrogen-bond donors (Lipinski definition) is 2. The highest BCUT2D eigenvalue weighted by atomic mass is 35.5. The van der Waals surface area contributed by atoms with E-state index >= 15 is 0 Å². The second-order valence-corrected chi connectivity index (χ2v) is 4.24. The number of aromatic amines is 1. The maximum Gasteiger partial charge on any atom is 0.244 e. The van der Waals surface area contributed by atoms with Crippen molar-refractivity contribution in [3.63, 3.8) is 0 Å². The summed E-state index contributed by atoms with van der Waals surface area (Å²) in [6, 6.07) is 4.25. The van der Waals surface area contributed by atoms with E-state index < -0.39 is 5.82 Å². The first-order valence-corrected chi connectivity index (χ1v) is 5.91. The van der Waals surface area contributed by atoms with Gasteiger partial charge in [0, 0.05) is 24.4 Å². The maximum atomic E-state index is 12.9. The number of carbonyl (C=O) groups is 1. The van der Waals surface area contributed by atoms with Gasteiger partial charge in [-0.1, -0.05) is 17.7 Å². The first-order valence-electron chi connectivity index (χ1n) is 5.54. The van der Waals surface area contributed by atoms with Gasteiger partial charge in [0.2, 0.25) is 5.91 Å². The number of carbonyl (C=O) groups excluding carboxylic acids is 1. The van der Waals surface area contributed by atoms with Gasteiger partial charge < -0.3 is 5.32 Å². The first kappa shape index (κ1) is 13.3. The molecule has 0 spiro atoms. The van der Waals surface area contributed by atoms with Crippen molar-refractivity contribution in [1.82, 2.24) is 15.5 Å². The molecule has 0 aliphatic heterocycles. The van der Waals surface area contributed by atoms with Crippen molar-refractivity contribution in [3.8, 4) is 0 Å². The molecular formula is C13H11ClFN3O. The van der Waals surface area contributed by atoms with Gasteiger partial charge in [-0.05, 0) is 23.8 Å². The van der Waals surface area contributed by atoms with Crippen LogP contribution in [0.2, 0.25) is 5.02 Å². The molecule has 0 saturated carbocycles. The third-order valence-electron chi connectivity index (χ3n) is 2.39. The summed E-state index contributed by atoms with van der Waals surface area (Å²) < 4.78 is 12.9. The maximum absolute atomic E-state index is 12.9. The molecule has 1 aromatic heterocycles. The van der Waals surface area contributed by atoms with Gasteiger partial charge >= 0.3 is 0 Å². The number of aromatic nitrogens is 2. The molecule has 4 nitrogen and oxygen atoms in total. The molecule has 1 amide bonds. The highest BCUT2D eigenvalue weighted by Gasteiger charge is 2.00. The molecule has 0 aliphatic carbocycles. The summed E-state index contributed by atoms with van der Waals surface area (Å²) in [6.45, 7) is 0.393. The molecule has 0 saturated heterocycles. The topological polar surface area (TPSA) is 57.8 Å². The predicted molar refractivity (Wildman–Crippen MR) is 70.9 cm³/mol. The number of nitrogens with zero attached hydrogens (tertiary/aromatic N) is 1. The molecule has 19 heavy (non-hydrogen) atoms. The third-order valence-corrected chi connectivity index (χ3v) is 2.68. The van der Waals surface area contributed by atoms with E-state index in [0.29, 0.717) is 12.1 Å². The molecule has 98 valence electrons. The van der Waals surface area contributed by atoms with Gasteiger partial charge in [-0.3, -0.25) is 9.89 Å². The zero-order valence-corrected chi connectivity index (χ0v) is 10.6. The smallest absolute Gasteiger partial charge is 0.244 e. The summed E-state index contributed by atoms with van der Waals surface area (Å²) >= 11 is 5.64. The zero-order chi connectivity index (χ0) is 13.7. The molecule has 1 heterocycles. The van der Waals surface area contributed by atoms with Gasteiger partial charge in [0.05, 0.1) is 11.2 Å². The molecular weight excluding hydrogens is 269 g/mol. The fourth-order valence-electron chi connectivity index (χ4n) is 1.41. The van der Waals surface area contributed by atoms with Crippen LogP contribution < -0.4 is 5.32 Å². The van der Waals surface area contributed by atoms with Gasteiger partial charge in [-0.2, -0.15) is 5.10 Å². The highest BCUT2D eigenvalue weighted by Crippen LogP contribution is 2.16. The van der Waals surface area contributed by atoms with E-state index in [1.165, 1.54) is 18.2 Å². The van der Waals surface area contributed by atoms with E-state index in [1.807, 2.05) is 0 Å². The number of hydrogen-bond acceptors (Lipinski definition) is 2. The third kappa shape index (κ3) is 3.93. The molecule has 0 atom stereocenters. The van der Waals surface area contributed by atoms with Crippen molar-refractivity contribution < 1.29 is 9.18 Å². The van der Waals surface area contributed by atoms with Crippen molar-refractivity contribution in [2.45, 2.75) is 6.54 Å². The lowest BCUT2D eigenvalue weighted by Gasteiger charge is -1.99. The van der Waals surface area contributed by atoms with Gasteiger partial charge in [0.15, 0.2) is 0 Å². The molecule has 0 aliphatic rings. The van der Waals surface area contributed by atoms with Gasteiger partial charge in [-0.15, -0.1) is 0 Å². The van der Waals surface area contributed by atoms with Crippen molar-refractivity contribution >= 4 is 23.6 Å². The minimum Gasteiger partial charge on any atom is -0.348 e. The summed E-state index contributed by atoms with van der Waals surface area (Å²) in [5, 5.41) is 9.14. The van der Waals surface area contributed by atoms with Gasteiger partial charge in [0.25, 0.3) is 0 Å². The van der Waals surface area contributed by atoms with Crippen LogP contribution in [0.25, 0.3) is 6.08 Å². The minimum atomic E-state index is -0.483. The van der Waals surface area contributed by atoms with Crippen LogP contribution in [-0.4, -0.2) is 16.1 Å². The Bertz CT molecular complexity index is 596. The number of nitrogens with one attached hydrogen (secondary N) is 2. The van der Waals surface area contributed by atoms with Crippen LogP contribution >= 0.6 is 11.6 Å². The quantitative estimate of drug-likeness (QED) is 0.845. The number of amides is 1. The van der Waals surface area contributed by atoms with Crippen LogP contribution in [0.5, 0.6) is 0 Å². The van der Waals surface area contributed by atoms with E-state index in [1.54, 1.807) is 24.5 Å². The minimum absolute atomic E-state index is 0.0287. The monoisotopic (exact) mass is 279 g/mol. The largest absolute Gasteiger partial charge is 0.348 e. The molecule has 1 aromatic carbocycles. The van der Waals surface area contributed by atoms with Crippen LogP contribution in [0.1, 0.15) is 11.1 Å². The fraction of sp³-hybridized carbons (Fsp3) is 0.0769. The van der Waals surface area contributed by atoms with Crippen molar-refractivity contribution in [3.05, 3.63) is 58.6 Å². The second kappa shape index (κ2) is 6.15. The van der Waals surface area contributed by atoms with Crippen LogP contribution in [0.15, 0.2) is 36.7 Å². The molecule has 0 unspecified atom stereocenters. The summed E-state index contributed by atoms with van der Waals surface area (Å²) in [7, 11) is 0. The molecule has 0 fully saturated rings. The highest BCUT2D eigenvalue weighted by molar-refractivity contribution is 6.30. The van der Waals surface area contributed by atoms with E-state index in [-0.39, 0.29) is 10.9 Å². The summed E-state index contributed by atoms with van der Waals surface area (Å²) in [6.07, 6.45) is 6.26. The molecule has 2 rings (SSSR count). The summed E-state index contributed by atoms with van der Waals surface area (Å²) in [5.41, 5.74) is 1.54. The van der Waals surface area contributed by atoms with Crippen molar-refractivity contribution in [2.24, 2.45) is 0 Å². The van der Waals surface area contributed by atoms with Crippen molar-refractivity contribution in [1.29, 1.82) is 0 Å². The lowest BCUT2D eigenvalue weighted by Crippen LogP contribution is -2.19. The predicted octanol–water partition coefficient (Wildman–Crippen LogP) is 2.53. The van der Waals surface area contributed by atoms with Crippen LogP contribution in [-0.2, 0) is 11.3 Å². The average Bonchev–Trinajstić information content (AvgIpc) is 2.91. The number of halogens is 2. The van der Waals surface area contributed by atoms with E-state index in [2.05, 4.69) is 15.5 Å². The van der Waals surface area contributed by atoms with Gasteiger partial charge in [0.1, 0.15) is 5.82 Å². The Balaban J connectivity index is 1.90. The molecule has 0 radical (unpaired) electrons. The Morgan fingerprint density at radius 3 is 3.05 bits per heavy atom. The molecule has 0 bridgehead atoms. The standard InChI is InChI=1S/C13H11ClFN3O/c14-11-5-9(1-3-12(11)15)2-4-13(19)16-6-10-7-17-18-8-10/h1-5,7-8H,6H2,(H,16,19)(H,17,18)/b4-2+. The lowest BCUT2D eigenvalue weighted by molar-refractivity contribution is -0.116. The van der Waals surface area contributed by atoms with Crippen LogP contribution in [0, 0.1) is 5.82 Å². The summed E-state index contributed by atoms with van der Waals surface area (Å²) in [5.74, 6) is -0.732. The number of H-pyrrole nitrogens is 1. The fourth-order valence-corrected chi connectivity index (χ4v) is 1.60. The molecule has 2 N–H and O–H groups in total. The summed E-state index contributed by atoms with van der Waals surface area (Å²) in [4.78, 5) is 11.5. The Morgan fingerprint density at radius 2 is 2.37 bits per heavy atom. The van der Waals surface area contributed by atoms with E-state index in [9.17, 15) is 9.18 Å². The zero-order valence-electron chi connectivity index (χ0n) is 9.86. The van der Waals surface area contributed by atoms with E-state index in [4.69, 9.17) is 11.6 Å². The Morgan fingerprint density at radius 1 is 1.53 bits per heavy atom. The van der Waals surface area contributed by atoms with Crippen LogP contribution in [0.4, 0.5) is 4.39 Å². The number of benzene rings is 1. The average molecular weight is 280 g/mol. The number of rotatable bonds is 4. The second-order valence-electron chi connectivity index (χ2n) is 3.83. The first-order chi connectivity index (χ1) is 9.15. The van der Waals surface area contributed by atoms with Gasteiger partial charge in [-0.25, -0.2) is 4.39 Å². The van der Waals surface area contributed by atoms with Crippen LogP contribution in [0.3, 0.4) is 0 Å². The van der Waals surface area contributed by atoms with E-state index in [0.717, 1.165) is 5.56 Å². The molecule has 6 heteroatoms. The SMILES string of the molecule is O=C(/C=C/c1ccc(F)c(Cl)c1)NCc1cn[nH]c1. The Hall–Kier alpha value is -2.14. The normalized spacial score (nSPS) is 10.8. The Labute approximate surface area is 114 Å². The van der Waals surface area contributed by atoms with Crippen molar-refractivity contribution in [2.75, 3.05) is 0 Å². The Kier molecular flexibility index (Phi) is 4.30. The lowest BCUT2D eigenvalue weighted by atomic mass is 10.2. The molecule has 2 aromatic rings.